The summed E-state index contributed by atoms with van der Waals surface area (Å²) in [5.41, 5.74) is -0.573. The van der Waals surface area contributed by atoms with E-state index in [-0.39, 0.29) is 5.78 Å². The minimum atomic E-state index is -0.573. The summed E-state index contributed by atoms with van der Waals surface area (Å²) in [6.45, 7) is 5.47. The fraction of sp³-hybridized carbons (Fsp3) is 0.700. The second kappa shape index (κ2) is 10.0. The molecule has 0 unspecified atom stereocenters. The molecule has 1 saturated carbocycles. The molecule has 1 fully saturated rings. The van der Waals surface area contributed by atoms with Gasteiger partial charge in [0.1, 0.15) is 11.4 Å². The Morgan fingerprint density at radius 2 is 2.04 bits per heavy atom. The van der Waals surface area contributed by atoms with Gasteiger partial charge in [0, 0.05) is 0 Å². The van der Waals surface area contributed by atoms with Gasteiger partial charge in [-0.05, 0) is 45.2 Å². The summed E-state index contributed by atoms with van der Waals surface area (Å²) in [6, 6.07) is 3.26. The van der Waals surface area contributed by atoms with Crippen molar-refractivity contribution in [2.75, 3.05) is 5.75 Å². The molecule has 1 atom stereocenters. The highest BCUT2D eigenvalue weighted by Gasteiger charge is 2.27. The summed E-state index contributed by atoms with van der Waals surface area (Å²) in [6.07, 6.45) is 7.80. The lowest BCUT2D eigenvalue weighted by molar-refractivity contribution is -0.119. The van der Waals surface area contributed by atoms with Gasteiger partial charge in [-0.25, -0.2) is 4.79 Å². The standard InChI is InChI=1S/C20H31NO4S/c1-20(2,3)25-19(23)21-17(12-15-8-5-4-6-9-15)18(22)14-26-13-16-10-7-11-24-16/h7,10-11,15,17H,4-6,8-9,12-14H2,1-3H3,(H,21,23)/t17-/m0/s1. The number of ketones is 1. The lowest BCUT2D eigenvalue weighted by Gasteiger charge is -2.27. The lowest BCUT2D eigenvalue weighted by atomic mass is 9.84. The first kappa shape index (κ1) is 20.9. The van der Waals surface area contributed by atoms with Crippen LogP contribution >= 0.6 is 11.8 Å². The summed E-state index contributed by atoms with van der Waals surface area (Å²) < 4.78 is 10.6. The Morgan fingerprint density at radius 1 is 1.31 bits per heavy atom. The molecule has 5 nitrogen and oxygen atoms in total. The van der Waals surface area contributed by atoms with E-state index in [1.165, 1.54) is 31.0 Å². The molecule has 1 aromatic heterocycles. The van der Waals surface area contributed by atoms with Crippen molar-refractivity contribution in [1.29, 1.82) is 0 Å². The van der Waals surface area contributed by atoms with Crippen LogP contribution in [0.25, 0.3) is 0 Å². The normalized spacial score (nSPS) is 16.9. The number of nitrogens with one attached hydrogen (secondary N) is 1. The van der Waals surface area contributed by atoms with Crippen molar-refractivity contribution in [3.05, 3.63) is 24.2 Å². The van der Waals surface area contributed by atoms with Crippen molar-refractivity contribution < 1.29 is 18.7 Å². The van der Waals surface area contributed by atoms with Crippen LogP contribution in [0.5, 0.6) is 0 Å². The molecule has 26 heavy (non-hydrogen) atoms. The Balaban J connectivity index is 1.89. The molecule has 1 amide bonds. The van der Waals surface area contributed by atoms with E-state index in [1.54, 1.807) is 6.26 Å². The van der Waals surface area contributed by atoms with Gasteiger partial charge in [0.15, 0.2) is 5.78 Å². The first-order valence-corrected chi connectivity index (χ1v) is 10.6. The summed E-state index contributed by atoms with van der Waals surface area (Å²) in [5, 5.41) is 2.82. The molecule has 1 aliphatic rings. The third-order valence-corrected chi connectivity index (χ3v) is 5.42. The van der Waals surface area contributed by atoms with Crippen LogP contribution in [0.3, 0.4) is 0 Å². The molecule has 1 heterocycles. The predicted molar refractivity (Wildman–Crippen MR) is 104 cm³/mol. The average Bonchev–Trinajstić information content (AvgIpc) is 3.06. The Kier molecular flexibility index (Phi) is 8.07. The molecule has 146 valence electrons. The van der Waals surface area contributed by atoms with Crippen molar-refractivity contribution in [2.24, 2.45) is 5.92 Å². The van der Waals surface area contributed by atoms with Gasteiger partial charge in [-0.3, -0.25) is 4.79 Å². The summed E-state index contributed by atoms with van der Waals surface area (Å²) >= 11 is 1.51. The third kappa shape index (κ3) is 7.85. The highest BCUT2D eigenvalue weighted by atomic mass is 32.2. The molecule has 6 heteroatoms. The molecule has 1 aromatic rings. The van der Waals surface area contributed by atoms with Gasteiger partial charge in [-0.2, -0.15) is 0 Å². The second-order valence-electron chi connectivity index (χ2n) is 7.98. The maximum atomic E-state index is 12.7. The van der Waals surface area contributed by atoms with Crippen LogP contribution in [0.1, 0.15) is 65.1 Å². The molecular formula is C20H31NO4S. The molecule has 0 saturated heterocycles. The van der Waals surface area contributed by atoms with Crippen molar-refractivity contribution in [3.8, 4) is 0 Å². The molecule has 0 aliphatic heterocycles. The number of carbonyl (C=O) groups excluding carboxylic acids is 2. The maximum Gasteiger partial charge on any atom is 0.408 e. The third-order valence-electron chi connectivity index (χ3n) is 4.44. The number of Topliss-reactive ketones (excluding diaryl/α,β-unsaturated/α-hetero) is 1. The zero-order chi connectivity index (χ0) is 19.0. The highest BCUT2D eigenvalue weighted by Crippen LogP contribution is 2.28. The van der Waals surface area contributed by atoms with Crippen molar-refractivity contribution in [3.63, 3.8) is 0 Å². The van der Waals surface area contributed by atoms with Gasteiger partial charge in [-0.15, -0.1) is 11.8 Å². The first-order chi connectivity index (χ1) is 12.3. The van der Waals surface area contributed by atoms with Gasteiger partial charge < -0.3 is 14.5 Å². The van der Waals surface area contributed by atoms with E-state index in [1.807, 2.05) is 32.9 Å². The number of amides is 1. The number of ether oxygens (including phenoxy) is 1. The average molecular weight is 382 g/mol. The lowest BCUT2D eigenvalue weighted by Crippen LogP contribution is -2.45. The van der Waals surface area contributed by atoms with Gasteiger partial charge in [-0.1, -0.05) is 32.1 Å². The van der Waals surface area contributed by atoms with Gasteiger partial charge >= 0.3 is 6.09 Å². The van der Waals surface area contributed by atoms with Gasteiger partial charge in [0.2, 0.25) is 0 Å². The van der Waals surface area contributed by atoms with Crippen molar-refractivity contribution >= 4 is 23.6 Å². The molecule has 0 spiro atoms. The summed E-state index contributed by atoms with van der Waals surface area (Å²) in [7, 11) is 0. The van der Waals surface area contributed by atoms with Crippen LogP contribution in [0, 0.1) is 5.92 Å². The largest absolute Gasteiger partial charge is 0.468 e. The van der Waals surface area contributed by atoms with E-state index in [9.17, 15) is 9.59 Å². The number of hydrogen-bond acceptors (Lipinski definition) is 5. The number of furan rings is 1. The molecule has 0 bridgehead atoms. The fourth-order valence-electron chi connectivity index (χ4n) is 3.22. The van der Waals surface area contributed by atoms with Crippen molar-refractivity contribution in [1.82, 2.24) is 5.32 Å². The number of hydrogen-bond donors (Lipinski definition) is 1. The van der Waals surface area contributed by atoms with E-state index in [0.29, 0.717) is 23.8 Å². The topological polar surface area (TPSA) is 68.5 Å². The maximum absolute atomic E-state index is 12.7. The minimum Gasteiger partial charge on any atom is -0.468 e. The minimum absolute atomic E-state index is 0.0537. The quantitative estimate of drug-likeness (QED) is 0.690. The number of carbonyl (C=O) groups is 2. The molecule has 1 N–H and O–H groups in total. The van der Waals surface area contributed by atoms with Crippen LogP contribution < -0.4 is 5.32 Å². The predicted octanol–water partition coefficient (Wildman–Crippen LogP) is 4.95. The SMILES string of the molecule is CC(C)(C)OC(=O)N[C@@H](CC1CCCCC1)C(=O)CSCc1ccco1. The van der Waals surface area contributed by atoms with Crippen LogP contribution in [-0.4, -0.2) is 29.3 Å². The van der Waals surface area contributed by atoms with E-state index >= 15 is 0 Å². The molecule has 0 aromatic carbocycles. The summed E-state index contributed by atoms with van der Waals surface area (Å²) in [4.78, 5) is 24.9. The van der Waals surface area contributed by atoms with Crippen LogP contribution in [0.15, 0.2) is 22.8 Å². The first-order valence-electron chi connectivity index (χ1n) is 9.46. The summed E-state index contributed by atoms with van der Waals surface area (Å²) in [5.74, 6) is 2.42. The molecule has 2 rings (SSSR count). The van der Waals surface area contributed by atoms with E-state index in [0.717, 1.165) is 18.6 Å². The van der Waals surface area contributed by atoms with E-state index in [2.05, 4.69) is 5.32 Å². The Hall–Kier alpha value is -1.43. The Bertz CT molecular complexity index is 559. The van der Waals surface area contributed by atoms with Gasteiger partial charge in [0.25, 0.3) is 0 Å². The zero-order valence-electron chi connectivity index (χ0n) is 16.1. The van der Waals surface area contributed by atoms with Crippen LogP contribution in [-0.2, 0) is 15.3 Å². The monoisotopic (exact) mass is 381 g/mol. The smallest absolute Gasteiger partial charge is 0.408 e. The number of alkyl carbamates (subject to hydrolysis) is 1. The Labute approximate surface area is 160 Å². The molecule has 0 radical (unpaired) electrons. The van der Waals surface area contributed by atoms with Crippen molar-refractivity contribution in [2.45, 2.75) is 76.7 Å². The molecular weight excluding hydrogens is 350 g/mol. The van der Waals surface area contributed by atoms with Crippen LogP contribution in [0.2, 0.25) is 0 Å². The fourth-order valence-corrected chi connectivity index (χ4v) is 4.09. The second-order valence-corrected chi connectivity index (χ2v) is 8.96. The van der Waals surface area contributed by atoms with Crippen LogP contribution in [0.4, 0.5) is 4.79 Å². The van der Waals surface area contributed by atoms with E-state index < -0.39 is 17.7 Å². The number of rotatable bonds is 8. The zero-order valence-corrected chi connectivity index (χ0v) is 16.9. The van der Waals surface area contributed by atoms with E-state index in [4.69, 9.17) is 9.15 Å². The Morgan fingerprint density at radius 3 is 2.65 bits per heavy atom. The number of thioether (sulfide) groups is 1. The van der Waals surface area contributed by atoms with Gasteiger partial charge in [0.05, 0.1) is 23.8 Å². The molecule has 1 aliphatic carbocycles. The highest BCUT2D eigenvalue weighted by molar-refractivity contribution is 7.99.